The lowest BCUT2D eigenvalue weighted by atomic mass is 10.3. The molecule has 108 valence electrons. The second-order valence-electron chi connectivity index (χ2n) is 4.07. The van der Waals surface area contributed by atoms with Gasteiger partial charge in [0.25, 0.3) is 0 Å². The van der Waals surface area contributed by atoms with Crippen LogP contribution in [0.2, 0.25) is 0 Å². The zero-order valence-corrected chi connectivity index (χ0v) is 12.3. The van der Waals surface area contributed by atoms with Crippen molar-refractivity contribution in [1.29, 1.82) is 5.26 Å². The fourth-order valence-corrected chi connectivity index (χ4v) is 4.80. The van der Waals surface area contributed by atoms with Gasteiger partial charge in [-0.25, -0.2) is 13.2 Å². The number of esters is 1. The average Bonchev–Trinajstić information content (AvgIpc) is 2.96. The summed E-state index contributed by atoms with van der Waals surface area (Å²) in [7, 11) is -2.69. The highest BCUT2D eigenvalue weighted by atomic mass is 32.2. The summed E-state index contributed by atoms with van der Waals surface area (Å²) < 4.78 is 30.9. The van der Waals surface area contributed by atoms with Crippen molar-refractivity contribution in [1.82, 2.24) is 9.62 Å². The molecule has 1 aliphatic rings. The van der Waals surface area contributed by atoms with Crippen molar-refractivity contribution in [3.8, 4) is 6.07 Å². The molecule has 0 amide bonds. The summed E-state index contributed by atoms with van der Waals surface area (Å²) in [6.07, 6.45) is 0. The summed E-state index contributed by atoms with van der Waals surface area (Å²) in [5, 5.41) is 13.5. The molecule has 1 aromatic rings. The first-order chi connectivity index (χ1) is 9.52. The van der Waals surface area contributed by atoms with Crippen molar-refractivity contribution in [2.45, 2.75) is 10.9 Å². The molecule has 1 saturated heterocycles. The van der Waals surface area contributed by atoms with Crippen LogP contribution in [0.25, 0.3) is 0 Å². The topological polar surface area (TPSA) is 99.5 Å². The maximum atomic E-state index is 12.6. The number of carbonyl (C=O) groups is 1. The van der Waals surface area contributed by atoms with Gasteiger partial charge in [0.05, 0.1) is 13.2 Å². The number of rotatable bonds is 3. The normalized spacial score (nSPS) is 20.3. The maximum absolute atomic E-state index is 12.6. The van der Waals surface area contributed by atoms with Gasteiger partial charge in [0.1, 0.15) is 15.8 Å². The summed E-state index contributed by atoms with van der Waals surface area (Å²) in [5.74, 6) is -0.692. The number of carbonyl (C=O) groups excluding carboxylic acids is 1. The Balaban J connectivity index is 2.43. The number of hydrogen-bond donors (Lipinski definition) is 1. The number of methoxy groups -OCH3 is 1. The minimum absolute atomic E-state index is 0.0303. The number of sulfonamides is 1. The lowest BCUT2D eigenvalue weighted by Crippen LogP contribution is -2.52. The molecular formula is C11H13N3O4S2. The van der Waals surface area contributed by atoms with Crippen LogP contribution in [-0.4, -0.2) is 51.5 Å². The number of thiophene rings is 1. The minimum Gasteiger partial charge on any atom is -0.465 e. The molecule has 1 atom stereocenters. The molecule has 1 unspecified atom stereocenters. The monoisotopic (exact) mass is 315 g/mol. The molecular weight excluding hydrogens is 302 g/mol. The molecule has 1 fully saturated rings. The average molecular weight is 315 g/mol. The lowest BCUT2D eigenvalue weighted by molar-refractivity contribution is 0.0602. The van der Waals surface area contributed by atoms with Gasteiger partial charge in [-0.05, 0) is 11.4 Å². The summed E-state index contributed by atoms with van der Waals surface area (Å²) in [5.41, 5.74) is 0. The van der Waals surface area contributed by atoms with Gasteiger partial charge in [0.15, 0.2) is 0 Å². The highest BCUT2D eigenvalue weighted by Crippen LogP contribution is 2.27. The third kappa shape index (κ3) is 2.55. The van der Waals surface area contributed by atoms with Crippen LogP contribution >= 0.6 is 11.3 Å². The second kappa shape index (κ2) is 5.88. The van der Waals surface area contributed by atoms with Crippen LogP contribution in [0.3, 0.4) is 0 Å². The molecule has 1 N–H and O–H groups in total. The Morgan fingerprint density at radius 2 is 2.40 bits per heavy atom. The summed E-state index contributed by atoms with van der Waals surface area (Å²) >= 11 is 1.00. The van der Waals surface area contributed by atoms with Crippen LogP contribution in [0.1, 0.15) is 9.67 Å². The van der Waals surface area contributed by atoms with Crippen LogP contribution in [-0.2, 0) is 14.8 Å². The van der Waals surface area contributed by atoms with E-state index in [2.05, 4.69) is 10.1 Å². The maximum Gasteiger partial charge on any atom is 0.349 e. The number of nitriles is 1. The van der Waals surface area contributed by atoms with Gasteiger partial charge in [-0.1, -0.05) is 0 Å². The van der Waals surface area contributed by atoms with E-state index in [4.69, 9.17) is 5.26 Å². The van der Waals surface area contributed by atoms with Crippen molar-refractivity contribution >= 4 is 27.3 Å². The number of nitrogens with one attached hydrogen (secondary N) is 1. The Labute approximate surface area is 120 Å². The fourth-order valence-electron chi connectivity index (χ4n) is 1.95. The minimum atomic E-state index is -3.89. The number of hydrogen-bond acceptors (Lipinski definition) is 7. The number of nitrogens with zero attached hydrogens (tertiary/aromatic N) is 2. The Morgan fingerprint density at radius 1 is 1.65 bits per heavy atom. The Bertz CT molecular complexity index is 647. The van der Waals surface area contributed by atoms with Gasteiger partial charge in [0.2, 0.25) is 10.0 Å². The molecule has 1 aliphatic heterocycles. The highest BCUT2D eigenvalue weighted by molar-refractivity contribution is 7.89. The van der Waals surface area contributed by atoms with E-state index in [-0.39, 0.29) is 22.9 Å². The quantitative estimate of drug-likeness (QED) is 0.790. The van der Waals surface area contributed by atoms with Gasteiger partial charge in [0, 0.05) is 19.6 Å². The van der Waals surface area contributed by atoms with E-state index in [1.165, 1.54) is 18.6 Å². The van der Waals surface area contributed by atoms with E-state index in [0.717, 1.165) is 15.6 Å². The predicted molar refractivity (Wildman–Crippen MR) is 71.8 cm³/mol. The summed E-state index contributed by atoms with van der Waals surface area (Å²) in [6, 6.07) is 2.54. The molecule has 7 nitrogen and oxygen atoms in total. The molecule has 2 heterocycles. The number of ether oxygens (including phenoxy) is 1. The first kappa shape index (κ1) is 14.9. The Hall–Kier alpha value is -1.47. The first-order valence-electron chi connectivity index (χ1n) is 5.80. The van der Waals surface area contributed by atoms with Gasteiger partial charge in [-0.3, -0.25) is 0 Å². The molecule has 2 rings (SSSR count). The molecule has 1 aromatic heterocycles. The molecule has 0 radical (unpaired) electrons. The van der Waals surface area contributed by atoms with Crippen LogP contribution in [0.15, 0.2) is 16.3 Å². The number of piperazine rings is 1. The van der Waals surface area contributed by atoms with Gasteiger partial charge in [-0.2, -0.15) is 9.57 Å². The Kier molecular flexibility index (Phi) is 4.39. The van der Waals surface area contributed by atoms with E-state index in [0.29, 0.717) is 6.54 Å². The zero-order chi connectivity index (χ0) is 14.8. The van der Waals surface area contributed by atoms with E-state index < -0.39 is 22.0 Å². The van der Waals surface area contributed by atoms with Crippen molar-refractivity contribution < 1.29 is 17.9 Å². The van der Waals surface area contributed by atoms with Crippen LogP contribution in [0.5, 0.6) is 0 Å². The SMILES string of the molecule is COC(=O)c1sccc1S(=O)(=O)N1CCNCC1C#N. The van der Waals surface area contributed by atoms with Gasteiger partial charge in [-0.15, -0.1) is 11.3 Å². The third-order valence-electron chi connectivity index (χ3n) is 2.93. The highest BCUT2D eigenvalue weighted by Gasteiger charge is 2.36. The third-order valence-corrected chi connectivity index (χ3v) is 5.90. The predicted octanol–water partition coefficient (Wildman–Crippen LogP) is 0.0208. The van der Waals surface area contributed by atoms with E-state index >= 15 is 0 Å². The van der Waals surface area contributed by atoms with E-state index in [1.807, 2.05) is 6.07 Å². The molecule has 9 heteroatoms. The van der Waals surface area contributed by atoms with Gasteiger partial charge >= 0.3 is 5.97 Å². The Morgan fingerprint density at radius 3 is 3.05 bits per heavy atom. The van der Waals surface area contributed by atoms with Crippen LogP contribution in [0.4, 0.5) is 0 Å². The van der Waals surface area contributed by atoms with Crippen LogP contribution in [0, 0.1) is 11.3 Å². The molecule has 0 aromatic carbocycles. The van der Waals surface area contributed by atoms with Crippen molar-refractivity contribution in [3.05, 3.63) is 16.3 Å². The molecule has 0 bridgehead atoms. The zero-order valence-electron chi connectivity index (χ0n) is 10.7. The molecule has 20 heavy (non-hydrogen) atoms. The van der Waals surface area contributed by atoms with Gasteiger partial charge < -0.3 is 10.1 Å². The lowest BCUT2D eigenvalue weighted by Gasteiger charge is -2.30. The van der Waals surface area contributed by atoms with Crippen molar-refractivity contribution in [3.63, 3.8) is 0 Å². The fraction of sp³-hybridized carbons (Fsp3) is 0.455. The standard InChI is InChI=1S/C11H13N3O4S2/c1-18-11(15)10-9(2-5-19-10)20(16,17)14-4-3-13-7-8(14)6-12/h2,5,8,13H,3-4,7H2,1H3. The smallest absolute Gasteiger partial charge is 0.349 e. The van der Waals surface area contributed by atoms with Crippen LogP contribution < -0.4 is 5.32 Å². The molecule has 0 spiro atoms. The second-order valence-corrected chi connectivity index (χ2v) is 6.85. The van der Waals surface area contributed by atoms with E-state index in [9.17, 15) is 13.2 Å². The van der Waals surface area contributed by atoms with E-state index in [1.54, 1.807) is 0 Å². The van der Waals surface area contributed by atoms with Crippen molar-refractivity contribution in [2.24, 2.45) is 0 Å². The summed E-state index contributed by atoms with van der Waals surface area (Å²) in [4.78, 5) is 11.5. The first-order valence-corrected chi connectivity index (χ1v) is 8.12. The largest absolute Gasteiger partial charge is 0.465 e. The molecule has 0 saturated carbocycles. The summed E-state index contributed by atoms with van der Waals surface area (Å²) in [6.45, 7) is 0.930. The molecule has 0 aliphatic carbocycles. The van der Waals surface area contributed by atoms with Crippen molar-refractivity contribution in [2.75, 3.05) is 26.7 Å².